The number of carbonyl (C=O) groups excluding carboxylic acids is 1. The molecule has 3 rings (SSSR count). The number of carbonyl (C=O) groups is 1. The van der Waals surface area contributed by atoms with Crippen molar-refractivity contribution < 1.29 is 14.3 Å². The molecule has 30 heavy (non-hydrogen) atoms. The molecule has 2 heterocycles. The fraction of sp³-hybridized carbons (Fsp3) is 0.652. The van der Waals surface area contributed by atoms with E-state index in [1.54, 1.807) is 7.11 Å². The molecule has 7 heteroatoms. The summed E-state index contributed by atoms with van der Waals surface area (Å²) in [6.45, 7) is 5.67. The molecule has 0 aromatic heterocycles. The minimum Gasteiger partial charge on any atom is -0.385 e. The Morgan fingerprint density at radius 3 is 2.60 bits per heavy atom. The lowest BCUT2D eigenvalue weighted by molar-refractivity contribution is -0.128. The first-order chi connectivity index (χ1) is 14.7. The minimum atomic E-state index is 0.265. The van der Waals surface area contributed by atoms with Crippen molar-refractivity contribution in [2.45, 2.75) is 51.3 Å². The van der Waals surface area contributed by atoms with Crippen molar-refractivity contribution in [3.8, 4) is 0 Å². The number of benzene rings is 1. The minimum absolute atomic E-state index is 0.265. The number of ether oxygens (including phenoxy) is 2. The Balaban J connectivity index is 1.48. The second-order valence-corrected chi connectivity index (χ2v) is 7.99. The van der Waals surface area contributed by atoms with E-state index in [1.807, 2.05) is 18.0 Å². The SMILES string of the molecule is CN=C(NCc1ccccc1CN1CCCC1=O)N1CCC(OCCCOC)CC1. The van der Waals surface area contributed by atoms with Crippen LogP contribution in [0.2, 0.25) is 0 Å². The van der Waals surface area contributed by atoms with Gasteiger partial charge in [-0.05, 0) is 36.8 Å². The van der Waals surface area contributed by atoms with Gasteiger partial charge in [0.1, 0.15) is 0 Å². The second kappa shape index (κ2) is 11.9. The van der Waals surface area contributed by atoms with E-state index in [9.17, 15) is 4.79 Å². The summed E-state index contributed by atoms with van der Waals surface area (Å²) in [5, 5.41) is 3.52. The van der Waals surface area contributed by atoms with Crippen LogP contribution in [0.3, 0.4) is 0 Å². The molecule has 1 N–H and O–H groups in total. The monoisotopic (exact) mass is 416 g/mol. The van der Waals surface area contributed by atoms with Crippen molar-refractivity contribution in [2.24, 2.45) is 4.99 Å². The Labute approximate surface area is 180 Å². The molecule has 0 radical (unpaired) electrons. The van der Waals surface area contributed by atoms with Crippen LogP contribution in [0.1, 0.15) is 43.2 Å². The van der Waals surface area contributed by atoms with Crippen molar-refractivity contribution in [2.75, 3.05) is 47.0 Å². The smallest absolute Gasteiger partial charge is 0.222 e. The predicted octanol–water partition coefficient (Wildman–Crippen LogP) is 2.40. The Bertz CT molecular complexity index is 701. The van der Waals surface area contributed by atoms with Gasteiger partial charge in [-0.25, -0.2) is 0 Å². The molecule has 1 aromatic rings. The molecular formula is C23H36N4O3. The van der Waals surface area contributed by atoms with Gasteiger partial charge in [0, 0.05) is 66.5 Å². The summed E-state index contributed by atoms with van der Waals surface area (Å²) in [6.07, 6.45) is 4.96. The highest BCUT2D eigenvalue weighted by molar-refractivity contribution is 5.80. The maximum atomic E-state index is 12.0. The Hall–Kier alpha value is -2.12. The van der Waals surface area contributed by atoms with Crippen LogP contribution < -0.4 is 5.32 Å². The second-order valence-electron chi connectivity index (χ2n) is 7.99. The number of likely N-dealkylation sites (tertiary alicyclic amines) is 2. The van der Waals surface area contributed by atoms with E-state index in [2.05, 4.69) is 33.4 Å². The molecule has 0 atom stereocenters. The number of nitrogens with one attached hydrogen (secondary N) is 1. The summed E-state index contributed by atoms with van der Waals surface area (Å²) < 4.78 is 11.0. The maximum absolute atomic E-state index is 12.0. The summed E-state index contributed by atoms with van der Waals surface area (Å²) in [5.74, 6) is 1.20. The van der Waals surface area contributed by atoms with Crippen molar-refractivity contribution >= 4 is 11.9 Å². The molecule has 0 aliphatic carbocycles. The lowest BCUT2D eigenvalue weighted by Crippen LogP contribution is -2.46. The van der Waals surface area contributed by atoms with Crippen molar-refractivity contribution in [3.63, 3.8) is 0 Å². The molecule has 1 aromatic carbocycles. The summed E-state index contributed by atoms with van der Waals surface area (Å²) in [4.78, 5) is 20.8. The van der Waals surface area contributed by atoms with E-state index in [0.29, 0.717) is 25.6 Å². The van der Waals surface area contributed by atoms with Crippen LogP contribution in [0.4, 0.5) is 0 Å². The number of methoxy groups -OCH3 is 1. The molecule has 0 saturated carbocycles. The van der Waals surface area contributed by atoms with Gasteiger partial charge >= 0.3 is 0 Å². The number of guanidine groups is 1. The first kappa shape index (κ1) is 22.6. The Morgan fingerprint density at radius 2 is 1.93 bits per heavy atom. The molecule has 0 unspecified atom stereocenters. The van der Waals surface area contributed by atoms with Gasteiger partial charge < -0.3 is 24.6 Å². The van der Waals surface area contributed by atoms with E-state index < -0.39 is 0 Å². The molecule has 2 aliphatic rings. The lowest BCUT2D eigenvalue weighted by atomic mass is 10.1. The van der Waals surface area contributed by atoms with Crippen LogP contribution in [0.25, 0.3) is 0 Å². The number of nitrogens with zero attached hydrogens (tertiary/aromatic N) is 3. The highest BCUT2D eigenvalue weighted by Crippen LogP contribution is 2.18. The van der Waals surface area contributed by atoms with Gasteiger partial charge in [0.05, 0.1) is 6.10 Å². The van der Waals surface area contributed by atoms with Crippen molar-refractivity contribution in [1.29, 1.82) is 0 Å². The summed E-state index contributed by atoms with van der Waals surface area (Å²) >= 11 is 0. The number of hydrogen-bond acceptors (Lipinski definition) is 4. The molecule has 166 valence electrons. The highest BCUT2D eigenvalue weighted by Gasteiger charge is 2.23. The van der Waals surface area contributed by atoms with Gasteiger partial charge in [-0.2, -0.15) is 0 Å². The zero-order valence-electron chi connectivity index (χ0n) is 18.4. The molecule has 0 bridgehead atoms. The first-order valence-electron chi connectivity index (χ1n) is 11.1. The zero-order valence-corrected chi connectivity index (χ0v) is 18.4. The Kier molecular flexibility index (Phi) is 8.96. The fourth-order valence-electron chi connectivity index (χ4n) is 4.16. The average Bonchev–Trinajstić information content (AvgIpc) is 3.18. The van der Waals surface area contributed by atoms with Crippen LogP contribution >= 0.6 is 0 Å². The third-order valence-electron chi connectivity index (χ3n) is 5.89. The predicted molar refractivity (Wildman–Crippen MR) is 118 cm³/mol. The average molecular weight is 417 g/mol. The third kappa shape index (κ3) is 6.44. The number of piperidine rings is 1. The molecule has 2 saturated heterocycles. The number of hydrogen-bond donors (Lipinski definition) is 1. The standard InChI is InChI=1S/C23H36N4O3/c1-24-23(26-13-10-21(11-14-26)30-16-6-15-29-2)25-17-19-7-3-4-8-20(19)18-27-12-5-9-22(27)28/h3-4,7-8,21H,5-6,9-18H2,1-2H3,(H,24,25). The maximum Gasteiger partial charge on any atom is 0.222 e. The number of aliphatic imine (C=N–C) groups is 1. The van der Waals surface area contributed by atoms with Gasteiger partial charge in [0.25, 0.3) is 0 Å². The van der Waals surface area contributed by atoms with Gasteiger partial charge in [0.2, 0.25) is 5.91 Å². The van der Waals surface area contributed by atoms with E-state index in [0.717, 1.165) is 64.5 Å². The van der Waals surface area contributed by atoms with Gasteiger partial charge in [0.15, 0.2) is 5.96 Å². The van der Waals surface area contributed by atoms with Crippen LogP contribution in [-0.4, -0.2) is 74.8 Å². The molecular weight excluding hydrogens is 380 g/mol. The van der Waals surface area contributed by atoms with Gasteiger partial charge in [-0.15, -0.1) is 0 Å². The summed E-state index contributed by atoms with van der Waals surface area (Å²) in [7, 11) is 3.56. The summed E-state index contributed by atoms with van der Waals surface area (Å²) in [6, 6.07) is 8.36. The largest absolute Gasteiger partial charge is 0.385 e. The van der Waals surface area contributed by atoms with Crippen molar-refractivity contribution in [3.05, 3.63) is 35.4 Å². The number of rotatable bonds is 9. The summed E-state index contributed by atoms with van der Waals surface area (Å²) in [5.41, 5.74) is 2.42. The van der Waals surface area contributed by atoms with Gasteiger partial charge in [-0.1, -0.05) is 24.3 Å². The van der Waals surface area contributed by atoms with E-state index in [1.165, 1.54) is 11.1 Å². The third-order valence-corrected chi connectivity index (χ3v) is 5.89. The van der Waals surface area contributed by atoms with E-state index >= 15 is 0 Å². The van der Waals surface area contributed by atoms with E-state index in [-0.39, 0.29) is 5.91 Å². The zero-order chi connectivity index (χ0) is 21.2. The molecule has 2 aliphatic heterocycles. The number of amides is 1. The van der Waals surface area contributed by atoms with Gasteiger partial charge in [-0.3, -0.25) is 9.79 Å². The first-order valence-corrected chi connectivity index (χ1v) is 11.1. The lowest BCUT2D eigenvalue weighted by Gasteiger charge is -2.34. The normalized spacial score (nSPS) is 18.3. The van der Waals surface area contributed by atoms with Crippen molar-refractivity contribution in [1.82, 2.24) is 15.1 Å². The molecule has 1 amide bonds. The van der Waals surface area contributed by atoms with Crippen LogP contribution in [0.5, 0.6) is 0 Å². The van der Waals surface area contributed by atoms with Crippen LogP contribution in [-0.2, 0) is 27.4 Å². The topological polar surface area (TPSA) is 66.4 Å². The highest BCUT2D eigenvalue weighted by atomic mass is 16.5. The quantitative estimate of drug-likeness (QED) is 0.380. The molecule has 0 spiro atoms. The van der Waals surface area contributed by atoms with E-state index in [4.69, 9.17) is 9.47 Å². The Morgan fingerprint density at radius 1 is 1.17 bits per heavy atom. The molecule has 7 nitrogen and oxygen atoms in total. The fourth-order valence-corrected chi connectivity index (χ4v) is 4.16. The molecule has 2 fully saturated rings. The van der Waals surface area contributed by atoms with Crippen LogP contribution in [0, 0.1) is 0 Å². The van der Waals surface area contributed by atoms with Crippen LogP contribution in [0.15, 0.2) is 29.3 Å².